The Kier molecular flexibility index (Phi) is 2.76. The smallest absolute Gasteiger partial charge is 0.396 e. The molecule has 0 aliphatic carbocycles. The Morgan fingerprint density at radius 1 is 1.56 bits per heavy atom. The molecule has 3 N–H and O–H groups in total. The van der Waals surface area contributed by atoms with Crippen molar-refractivity contribution < 1.29 is 14.3 Å². The second kappa shape index (κ2) is 4.07. The number of fused-ring (bicyclic) bond motifs is 1. The summed E-state index contributed by atoms with van der Waals surface area (Å²) in [6.07, 6.45) is -0.196. The van der Waals surface area contributed by atoms with Gasteiger partial charge in [0.15, 0.2) is 5.58 Å². The maximum Gasteiger partial charge on any atom is 0.396 e. The van der Waals surface area contributed by atoms with Crippen molar-refractivity contribution in [3.8, 4) is 0 Å². The van der Waals surface area contributed by atoms with E-state index in [9.17, 15) is 9.59 Å². The van der Waals surface area contributed by atoms with Crippen LogP contribution in [0.4, 0.5) is 0 Å². The minimum atomic E-state index is -0.984. The molecule has 0 radical (unpaired) electrons. The van der Waals surface area contributed by atoms with Gasteiger partial charge in [0.25, 0.3) is 0 Å². The molecule has 6 heteroatoms. The van der Waals surface area contributed by atoms with E-state index in [1.807, 2.05) is 0 Å². The van der Waals surface area contributed by atoms with Crippen LogP contribution in [0, 0.1) is 0 Å². The Morgan fingerprint density at radius 2 is 2.31 bits per heavy atom. The lowest BCUT2D eigenvalue weighted by Crippen LogP contribution is -2.15. The van der Waals surface area contributed by atoms with Gasteiger partial charge in [0.05, 0.1) is 11.1 Å². The molecule has 2 rings (SSSR count). The second-order valence-electron chi connectivity index (χ2n) is 3.33. The van der Waals surface area contributed by atoms with E-state index >= 15 is 0 Å². The summed E-state index contributed by atoms with van der Waals surface area (Å²) in [5.74, 6) is -0.984. The summed E-state index contributed by atoms with van der Waals surface area (Å²) in [5, 5.41) is 8.65. The molecule has 0 saturated carbocycles. The highest BCUT2D eigenvalue weighted by atomic mass is 32.1. The molecular formula is C10H9NO4S. The number of benzene rings is 1. The van der Waals surface area contributed by atoms with Crippen LogP contribution in [0.15, 0.2) is 27.4 Å². The lowest BCUT2D eigenvalue weighted by Gasteiger charge is -2.08. The van der Waals surface area contributed by atoms with Gasteiger partial charge in [0.2, 0.25) is 0 Å². The van der Waals surface area contributed by atoms with Crippen molar-refractivity contribution in [1.82, 2.24) is 0 Å². The summed E-state index contributed by atoms with van der Waals surface area (Å²) >= 11 is 0.977. The number of carbonyl (C=O) groups is 1. The van der Waals surface area contributed by atoms with E-state index in [1.165, 1.54) is 0 Å². The van der Waals surface area contributed by atoms with E-state index in [2.05, 4.69) is 0 Å². The first kappa shape index (κ1) is 10.8. The fraction of sp³-hybridized carbons (Fsp3) is 0.200. The third-order valence-corrected chi connectivity index (χ3v) is 2.97. The molecule has 0 aliphatic heterocycles. The van der Waals surface area contributed by atoms with Gasteiger partial charge in [-0.25, -0.2) is 4.79 Å². The average Bonchev–Trinajstić information content (AvgIpc) is 2.55. The van der Waals surface area contributed by atoms with Gasteiger partial charge in [-0.05, 0) is 6.07 Å². The molecular weight excluding hydrogens is 230 g/mol. The number of carboxylic acid groups (broad SMARTS) is 1. The standard InChI is InChI=1S/C10H9NO4S/c11-6(4-8(12)13)5-2-1-3-7-9(5)15-10(14)16-7/h1-3,6H,4,11H2,(H,12,13). The molecule has 2 aromatic rings. The number of nitrogens with two attached hydrogens (primary N) is 1. The molecule has 0 amide bonds. The van der Waals surface area contributed by atoms with Gasteiger partial charge in [-0.1, -0.05) is 23.5 Å². The Balaban J connectivity index is 2.51. The van der Waals surface area contributed by atoms with Crippen LogP contribution in [0.5, 0.6) is 0 Å². The van der Waals surface area contributed by atoms with Crippen LogP contribution in [-0.2, 0) is 4.79 Å². The van der Waals surface area contributed by atoms with E-state index in [0.29, 0.717) is 15.8 Å². The van der Waals surface area contributed by atoms with Crippen LogP contribution < -0.4 is 10.7 Å². The topological polar surface area (TPSA) is 93.5 Å². The van der Waals surface area contributed by atoms with Gasteiger partial charge in [-0.15, -0.1) is 0 Å². The highest BCUT2D eigenvalue weighted by molar-refractivity contribution is 7.16. The first-order valence-electron chi connectivity index (χ1n) is 4.58. The van der Waals surface area contributed by atoms with Gasteiger partial charge >= 0.3 is 10.9 Å². The molecule has 0 bridgehead atoms. The lowest BCUT2D eigenvalue weighted by atomic mass is 10.0. The minimum absolute atomic E-state index is 0.196. The monoisotopic (exact) mass is 239 g/mol. The molecule has 1 unspecified atom stereocenters. The average molecular weight is 239 g/mol. The van der Waals surface area contributed by atoms with Gasteiger partial charge in [-0.2, -0.15) is 0 Å². The van der Waals surface area contributed by atoms with Gasteiger partial charge in [0, 0.05) is 11.6 Å². The predicted octanol–water partition coefficient (Wildman–Crippen LogP) is 1.33. The van der Waals surface area contributed by atoms with E-state index in [1.54, 1.807) is 18.2 Å². The summed E-state index contributed by atoms with van der Waals surface area (Å²) in [5.41, 5.74) is 6.68. The SMILES string of the molecule is NC(CC(=O)O)c1cccc2sc(=O)oc12. The molecule has 1 heterocycles. The zero-order valence-electron chi connectivity index (χ0n) is 8.17. The Labute approximate surface area is 94.1 Å². The second-order valence-corrected chi connectivity index (χ2v) is 4.31. The molecule has 0 aliphatic rings. The number of para-hydroxylation sites is 1. The molecule has 84 valence electrons. The molecule has 1 aromatic heterocycles. The van der Waals surface area contributed by atoms with E-state index < -0.39 is 17.0 Å². The molecule has 1 atom stereocenters. The molecule has 16 heavy (non-hydrogen) atoms. The largest absolute Gasteiger partial charge is 0.481 e. The van der Waals surface area contributed by atoms with E-state index in [0.717, 1.165) is 11.3 Å². The molecule has 0 fully saturated rings. The predicted molar refractivity (Wildman–Crippen MR) is 59.5 cm³/mol. The van der Waals surface area contributed by atoms with Gasteiger partial charge in [-0.3, -0.25) is 4.79 Å². The zero-order valence-corrected chi connectivity index (χ0v) is 8.99. The fourth-order valence-corrected chi connectivity index (χ4v) is 2.21. The Hall–Kier alpha value is -1.66. The highest BCUT2D eigenvalue weighted by Gasteiger charge is 2.16. The highest BCUT2D eigenvalue weighted by Crippen LogP contribution is 2.26. The number of aliphatic carboxylic acids is 1. The van der Waals surface area contributed by atoms with Gasteiger partial charge in [0.1, 0.15) is 0 Å². The van der Waals surface area contributed by atoms with Crippen LogP contribution >= 0.6 is 11.3 Å². The van der Waals surface area contributed by atoms with Crippen molar-refractivity contribution in [2.45, 2.75) is 12.5 Å². The third kappa shape index (κ3) is 1.98. The normalized spacial score (nSPS) is 12.8. The van der Waals surface area contributed by atoms with Crippen LogP contribution in [0.2, 0.25) is 0 Å². The summed E-state index contributed by atoms with van der Waals surface area (Å²) in [6.45, 7) is 0. The lowest BCUT2D eigenvalue weighted by molar-refractivity contribution is -0.137. The first-order chi connectivity index (χ1) is 7.58. The molecule has 5 nitrogen and oxygen atoms in total. The Morgan fingerprint density at radius 3 is 3.00 bits per heavy atom. The van der Waals surface area contributed by atoms with E-state index in [-0.39, 0.29) is 6.42 Å². The molecule has 0 saturated heterocycles. The first-order valence-corrected chi connectivity index (χ1v) is 5.39. The van der Waals surface area contributed by atoms with Gasteiger partial charge < -0.3 is 15.3 Å². The number of hydrogen-bond acceptors (Lipinski definition) is 5. The van der Waals surface area contributed by atoms with Crippen LogP contribution in [0.25, 0.3) is 10.3 Å². The van der Waals surface area contributed by atoms with Crippen LogP contribution in [-0.4, -0.2) is 11.1 Å². The maximum absolute atomic E-state index is 11.1. The molecule has 1 aromatic carbocycles. The maximum atomic E-state index is 11.1. The van der Waals surface area contributed by atoms with E-state index in [4.69, 9.17) is 15.3 Å². The van der Waals surface area contributed by atoms with Crippen molar-refractivity contribution in [2.24, 2.45) is 5.73 Å². The summed E-state index contributed by atoms with van der Waals surface area (Å²) in [7, 11) is 0. The van der Waals surface area contributed by atoms with Crippen molar-refractivity contribution in [2.75, 3.05) is 0 Å². The summed E-state index contributed by atoms with van der Waals surface area (Å²) in [6, 6.07) is 4.47. The fourth-order valence-electron chi connectivity index (χ4n) is 1.51. The number of rotatable bonds is 3. The summed E-state index contributed by atoms with van der Waals surface area (Å²) in [4.78, 5) is 21.2. The van der Waals surface area contributed by atoms with Crippen molar-refractivity contribution in [3.63, 3.8) is 0 Å². The Bertz CT molecular complexity index is 586. The number of carboxylic acids is 1. The molecule has 0 spiro atoms. The number of hydrogen-bond donors (Lipinski definition) is 2. The summed E-state index contributed by atoms with van der Waals surface area (Å²) < 4.78 is 5.68. The van der Waals surface area contributed by atoms with Crippen LogP contribution in [0.3, 0.4) is 0 Å². The quantitative estimate of drug-likeness (QED) is 0.842. The minimum Gasteiger partial charge on any atom is -0.481 e. The van der Waals surface area contributed by atoms with Crippen LogP contribution in [0.1, 0.15) is 18.0 Å². The van der Waals surface area contributed by atoms with Crippen molar-refractivity contribution in [1.29, 1.82) is 0 Å². The zero-order chi connectivity index (χ0) is 11.7. The third-order valence-electron chi connectivity index (χ3n) is 2.18. The van der Waals surface area contributed by atoms with Crippen molar-refractivity contribution >= 4 is 27.6 Å². The van der Waals surface area contributed by atoms with Crippen molar-refractivity contribution in [3.05, 3.63) is 33.5 Å².